The van der Waals surface area contributed by atoms with Crippen LogP contribution in [0.15, 0.2) is 48.5 Å². The lowest BCUT2D eigenvalue weighted by Gasteiger charge is -2.23. The second kappa shape index (κ2) is 9.92. The Hall–Kier alpha value is -2.60. The van der Waals surface area contributed by atoms with Crippen LogP contribution in [-0.2, 0) is 11.3 Å². The number of hydrogen-bond acceptors (Lipinski definition) is 2. The van der Waals surface area contributed by atoms with Crippen LogP contribution in [0.25, 0.3) is 0 Å². The molecule has 7 heteroatoms. The molecule has 0 bridgehead atoms. The maximum atomic E-state index is 12.9. The van der Waals surface area contributed by atoms with Crippen LogP contribution >= 0.6 is 11.6 Å². The molecule has 2 aromatic rings. The lowest BCUT2D eigenvalue weighted by molar-refractivity contribution is -0.121. The lowest BCUT2D eigenvalue weighted by Crippen LogP contribution is -2.45. The van der Waals surface area contributed by atoms with E-state index < -0.39 is 0 Å². The summed E-state index contributed by atoms with van der Waals surface area (Å²) in [7, 11) is 0. The molecule has 1 unspecified atom stereocenters. The molecule has 2 rings (SSSR count). The Morgan fingerprint density at radius 2 is 1.74 bits per heavy atom. The van der Waals surface area contributed by atoms with Crippen molar-refractivity contribution < 1.29 is 14.0 Å². The van der Waals surface area contributed by atoms with E-state index in [-0.39, 0.29) is 36.9 Å². The van der Waals surface area contributed by atoms with Crippen LogP contribution in [0.3, 0.4) is 0 Å². The number of nitrogens with one attached hydrogen (secondary N) is 2. The second-order valence-electron chi connectivity index (χ2n) is 6.14. The monoisotopic (exact) mass is 391 g/mol. The molecule has 144 valence electrons. The second-order valence-corrected chi connectivity index (χ2v) is 6.58. The number of likely N-dealkylation sites (N-methyl/N-ethyl adjacent to an activating group) is 1. The fourth-order valence-electron chi connectivity index (χ4n) is 2.47. The molecule has 0 aliphatic carbocycles. The van der Waals surface area contributed by atoms with Crippen LogP contribution < -0.4 is 10.6 Å². The summed E-state index contributed by atoms with van der Waals surface area (Å²) < 4.78 is 12.9. The molecule has 0 saturated heterocycles. The zero-order valence-corrected chi connectivity index (χ0v) is 16.1. The number of nitrogens with zero attached hydrogens (tertiary/aromatic N) is 1. The van der Waals surface area contributed by atoms with E-state index in [1.165, 1.54) is 17.0 Å². The highest BCUT2D eigenvalue weighted by Crippen LogP contribution is 2.16. The fourth-order valence-corrected chi connectivity index (χ4v) is 2.60. The lowest BCUT2D eigenvalue weighted by atomic mass is 10.1. The van der Waals surface area contributed by atoms with Gasteiger partial charge in [0.15, 0.2) is 0 Å². The summed E-state index contributed by atoms with van der Waals surface area (Å²) in [5.41, 5.74) is 1.71. The molecule has 2 N–H and O–H groups in total. The van der Waals surface area contributed by atoms with Crippen LogP contribution in [0.2, 0.25) is 5.02 Å². The maximum absolute atomic E-state index is 12.9. The van der Waals surface area contributed by atoms with Gasteiger partial charge in [0.1, 0.15) is 12.4 Å². The Morgan fingerprint density at radius 1 is 1.11 bits per heavy atom. The predicted octanol–water partition coefficient (Wildman–Crippen LogP) is 3.89. The first kappa shape index (κ1) is 20.7. The SMILES string of the molecule is CCN(CC(=O)NCc1ccc(F)cc1)C(=O)NC(C)c1ccc(Cl)cc1. The van der Waals surface area contributed by atoms with E-state index in [1.807, 2.05) is 19.1 Å². The largest absolute Gasteiger partial charge is 0.350 e. The van der Waals surface area contributed by atoms with Crippen LogP contribution in [-0.4, -0.2) is 29.9 Å². The number of halogens is 2. The quantitative estimate of drug-likeness (QED) is 0.752. The topological polar surface area (TPSA) is 61.4 Å². The smallest absolute Gasteiger partial charge is 0.318 e. The minimum absolute atomic E-state index is 0.0587. The van der Waals surface area contributed by atoms with Crippen molar-refractivity contribution in [1.29, 1.82) is 0 Å². The zero-order chi connectivity index (χ0) is 19.8. The first-order valence-corrected chi connectivity index (χ1v) is 9.09. The molecule has 0 spiro atoms. The van der Waals surface area contributed by atoms with Crippen molar-refractivity contribution in [2.75, 3.05) is 13.1 Å². The standard InChI is InChI=1S/C20H23ClFN3O2/c1-3-25(13-19(26)23-12-15-4-10-18(22)11-5-15)20(27)24-14(2)16-6-8-17(21)9-7-16/h4-11,14H,3,12-13H2,1-2H3,(H,23,26)(H,24,27). The van der Waals surface area contributed by atoms with Crippen molar-refractivity contribution >= 4 is 23.5 Å². The van der Waals surface area contributed by atoms with Crippen molar-refractivity contribution in [3.05, 3.63) is 70.5 Å². The van der Waals surface area contributed by atoms with Gasteiger partial charge in [-0.1, -0.05) is 35.9 Å². The molecule has 3 amide bonds. The van der Waals surface area contributed by atoms with E-state index in [1.54, 1.807) is 31.2 Å². The van der Waals surface area contributed by atoms with Gasteiger partial charge >= 0.3 is 6.03 Å². The maximum Gasteiger partial charge on any atom is 0.318 e. The Bertz CT molecular complexity index is 766. The summed E-state index contributed by atoms with van der Waals surface area (Å²) in [6.07, 6.45) is 0. The number of rotatable bonds is 7. The summed E-state index contributed by atoms with van der Waals surface area (Å²) in [4.78, 5) is 26.0. The van der Waals surface area contributed by atoms with Crippen molar-refractivity contribution in [2.24, 2.45) is 0 Å². The molecule has 2 aromatic carbocycles. The van der Waals surface area contributed by atoms with Crippen LogP contribution in [0.4, 0.5) is 9.18 Å². The third-order valence-electron chi connectivity index (χ3n) is 4.12. The van der Waals surface area contributed by atoms with Crippen LogP contribution in [0.1, 0.15) is 31.0 Å². The van der Waals surface area contributed by atoms with E-state index in [4.69, 9.17) is 11.6 Å². The third-order valence-corrected chi connectivity index (χ3v) is 4.37. The van der Waals surface area contributed by atoms with E-state index in [0.717, 1.165) is 11.1 Å². The average Bonchev–Trinajstić information content (AvgIpc) is 2.66. The van der Waals surface area contributed by atoms with Gasteiger partial charge in [0.2, 0.25) is 5.91 Å². The number of amides is 3. The minimum atomic E-state index is -0.325. The molecular formula is C20H23ClFN3O2. The van der Waals surface area contributed by atoms with E-state index >= 15 is 0 Å². The predicted molar refractivity (Wildman–Crippen MR) is 104 cm³/mol. The molecule has 1 atom stereocenters. The summed E-state index contributed by atoms with van der Waals surface area (Å²) in [6.45, 7) is 4.28. The Kier molecular flexibility index (Phi) is 7.61. The van der Waals surface area contributed by atoms with Crippen molar-refractivity contribution in [2.45, 2.75) is 26.4 Å². The molecule has 0 fully saturated rings. The summed E-state index contributed by atoms with van der Waals surface area (Å²) in [5, 5.41) is 6.24. The number of carbonyl (C=O) groups is 2. The molecule has 0 heterocycles. The first-order valence-electron chi connectivity index (χ1n) is 8.71. The first-order chi connectivity index (χ1) is 12.9. The third kappa shape index (κ3) is 6.57. The molecular weight excluding hydrogens is 369 g/mol. The van der Waals surface area contributed by atoms with Crippen LogP contribution in [0.5, 0.6) is 0 Å². The van der Waals surface area contributed by atoms with Crippen LogP contribution in [0, 0.1) is 5.82 Å². The van der Waals surface area contributed by atoms with Gasteiger partial charge in [-0.15, -0.1) is 0 Å². The molecule has 0 aliphatic rings. The number of urea groups is 1. The van der Waals surface area contributed by atoms with Gasteiger partial charge in [0, 0.05) is 18.1 Å². The summed E-state index contributed by atoms with van der Waals surface area (Å²) >= 11 is 5.88. The Morgan fingerprint density at radius 3 is 2.33 bits per heavy atom. The van der Waals surface area contributed by atoms with Gasteiger partial charge in [-0.05, 0) is 49.2 Å². The van der Waals surface area contributed by atoms with Gasteiger partial charge < -0.3 is 15.5 Å². The number of hydrogen-bond donors (Lipinski definition) is 2. The van der Waals surface area contributed by atoms with Crippen molar-refractivity contribution in [1.82, 2.24) is 15.5 Å². The highest BCUT2D eigenvalue weighted by Gasteiger charge is 2.18. The van der Waals surface area contributed by atoms with Gasteiger partial charge in [-0.2, -0.15) is 0 Å². The molecule has 0 aromatic heterocycles. The highest BCUT2D eigenvalue weighted by molar-refractivity contribution is 6.30. The van der Waals surface area contributed by atoms with Gasteiger partial charge in [-0.25, -0.2) is 9.18 Å². The fraction of sp³-hybridized carbons (Fsp3) is 0.300. The summed E-state index contributed by atoms with van der Waals surface area (Å²) in [5.74, 6) is -0.607. The van der Waals surface area contributed by atoms with Crippen molar-refractivity contribution in [3.63, 3.8) is 0 Å². The van der Waals surface area contributed by atoms with E-state index in [9.17, 15) is 14.0 Å². The Labute approximate surface area is 163 Å². The van der Waals surface area contributed by atoms with Gasteiger partial charge in [0.05, 0.1) is 6.04 Å². The van der Waals surface area contributed by atoms with Gasteiger partial charge in [-0.3, -0.25) is 4.79 Å². The molecule has 0 radical (unpaired) electrons. The molecule has 0 aliphatic heterocycles. The number of carbonyl (C=O) groups excluding carboxylic acids is 2. The van der Waals surface area contributed by atoms with E-state index in [2.05, 4.69) is 10.6 Å². The van der Waals surface area contributed by atoms with Gasteiger partial charge in [0.25, 0.3) is 0 Å². The summed E-state index contributed by atoms with van der Waals surface area (Å²) in [6, 6.07) is 12.6. The molecule has 27 heavy (non-hydrogen) atoms. The molecule has 5 nitrogen and oxygen atoms in total. The highest BCUT2D eigenvalue weighted by atomic mass is 35.5. The minimum Gasteiger partial charge on any atom is -0.350 e. The average molecular weight is 392 g/mol. The van der Waals surface area contributed by atoms with E-state index in [0.29, 0.717) is 11.6 Å². The number of benzene rings is 2. The normalized spacial score (nSPS) is 11.6. The Balaban J connectivity index is 1.85. The van der Waals surface area contributed by atoms with Crippen molar-refractivity contribution in [3.8, 4) is 0 Å². The molecule has 0 saturated carbocycles. The zero-order valence-electron chi connectivity index (χ0n) is 15.3.